The SMILES string of the molecule is CC.Cc1c(CO)[nH]c2ccccc12. The summed E-state index contributed by atoms with van der Waals surface area (Å²) >= 11 is 0. The van der Waals surface area contributed by atoms with Crippen molar-refractivity contribution in [3.8, 4) is 0 Å². The first-order valence-corrected chi connectivity index (χ1v) is 5.00. The van der Waals surface area contributed by atoms with Crippen molar-refractivity contribution >= 4 is 10.9 Å². The molecular weight excluding hydrogens is 174 g/mol. The van der Waals surface area contributed by atoms with Crippen LogP contribution in [0.3, 0.4) is 0 Å². The third-order valence-corrected chi connectivity index (χ3v) is 2.23. The van der Waals surface area contributed by atoms with E-state index < -0.39 is 0 Å². The van der Waals surface area contributed by atoms with Crippen LogP contribution in [0.25, 0.3) is 10.9 Å². The van der Waals surface area contributed by atoms with Gasteiger partial charge in [0.2, 0.25) is 0 Å². The van der Waals surface area contributed by atoms with Gasteiger partial charge in [0.05, 0.1) is 6.61 Å². The monoisotopic (exact) mass is 191 g/mol. The van der Waals surface area contributed by atoms with E-state index in [1.165, 1.54) is 5.39 Å². The van der Waals surface area contributed by atoms with Gasteiger partial charge < -0.3 is 10.1 Å². The molecule has 0 saturated carbocycles. The van der Waals surface area contributed by atoms with Crippen molar-refractivity contribution in [3.05, 3.63) is 35.5 Å². The topological polar surface area (TPSA) is 36.0 Å². The van der Waals surface area contributed by atoms with E-state index in [1.54, 1.807) is 0 Å². The molecule has 0 saturated heterocycles. The summed E-state index contributed by atoms with van der Waals surface area (Å²) in [5, 5.41) is 10.2. The fraction of sp³-hybridized carbons (Fsp3) is 0.333. The summed E-state index contributed by atoms with van der Waals surface area (Å²) in [4.78, 5) is 3.16. The molecule has 0 unspecified atom stereocenters. The molecule has 2 nitrogen and oxygen atoms in total. The van der Waals surface area contributed by atoms with Crippen LogP contribution in [0.2, 0.25) is 0 Å². The first-order chi connectivity index (χ1) is 6.83. The number of rotatable bonds is 1. The number of aliphatic hydroxyl groups is 1. The molecule has 0 atom stereocenters. The van der Waals surface area contributed by atoms with Crippen molar-refractivity contribution in [2.24, 2.45) is 0 Å². The number of benzene rings is 1. The van der Waals surface area contributed by atoms with Crippen molar-refractivity contribution in [2.75, 3.05) is 0 Å². The van der Waals surface area contributed by atoms with E-state index in [2.05, 4.69) is 11.1 Å². The molecule has 2 rings (SSSR count). The fourth-order valence-corrected chi connectivity index (χ4v) is 1.50. The van der Waals surface area contributed by atoms with Crippen LogP contribution in [0.4, 0.5) is 0 Å². The molecular formula is C12H17NO. The number of aromatic nitrogens is 1. The highest BCUT2D eigenvalue weighted by atomic mass is 16.3. The van der Waals surface area contributed by atoms with Gasteiger partial charge in [0.25, 0.3) is 0 Å². The average Bonchev–Trinajstić information content (AvgIpc) is 2.59. The fourth-order valence-electron chi connectivity index (χ4n) is 1.50. The summed E-state index contributed by atoms with van der Waals surface area (Å²) in [6.45, 7) is 6.10. The van der Waals surface area contributed by atoms with Crippen LogP contribution < -0.4 is 0 Å². The van der Waals surface area contributed by atoms with E-state index in [1.807, 2.05) is 39.0 Å². The van der Waals surface area contributed by atoms with E-state index in [-0.39, 0.29) is 6.61 Å². The number of para-hydroxylation sites is 1. The van der Waals surface area contributed by atoms with Gasteiger partial charge in [-0.05, 0) is 18.6 Å². The Kier molecular flexibility index (Phi) is 3.72. The molecule has 76 valence electrons. The normalized spacial score (nSPS) is 9.71. The van der Waals surface area contributed by atoms with Gasteiger partial charge in [0.15, 0.2) is 0 Å². The van der Waals surface area contributed by atoms with E-state index in [0.717, 1.165) is 16.8 Å². The predicted octanol–water partition coefficient (Wildman–Crippen LogP) is 2.99. The predicted molar refractivity (Wildman–Crippen MR) is 60.3 cm³/mol. The van der Waals surface area contributed by atoms with Gasteiger partial charge in [-0.1, -0.05) is 32.0 Å². The molecule has 0 aliphatic heterocycles. The Morgan fingerprint density at radius 1 is 1.21 bits per heavy atom. The molecule has 2 heteroatoms. The number of hydrogen-bond acceptors (Lipinski definition) is 1. The summed E-state index contributed by atoms with van der Waals surface area (Å²) in [5.74, 6) is 0. The largest absolute Gasteiger partial charge is 0.390 e. The molecule has 0 spiro atoms. The van der Waals surface area contributed by atoms with E-state index >= 15 is 0 Å². The third-order valence-electron chi connectivity index (χ3n) is 2.23. The molecule has 0 aliphatic carbocycles. The second-order valence-corrected chi connectivity index (χ2v) is 2.93. The molecule has 1 aromatic heterocycles. The molecule has 2 aromatic rings. The minimum absolute atomic E-state index is 0.0838. The van der Waals surface area contributed by atoms with Crippen molar-refractivity contribution < 1.29 is 5.11 Å². The Morgan fingerprint density at radius 2 is 1.86 bits per heavy atom. The van der Waals surface area contributed by atoms with Gasteiger partial charge in [-0.2, -0.15) is 0 Å². The highest BCUT2D eigenvalue weighted by Gasteiger charge is 2.04. The van der Waals surface area contributed by atoms with Crippen molar-refractivity contribution in [2.45, 2.75) is 27.4 Å². The molecule has 0 fully saturated rings. The summed E-state index contributed by atoms with van der Waals surface area (Å²) < 4.78 is 0. The standard InChI is InChI=1S/C10H11NO.C2H6/c1-7-8-4-2-3-5-9(8)11-10(7)6-12;1-2/h2-5,11-12H,6H2,1H3;1-2H3. The van der Waals surface area contributed by atoms with Crippen LogP contribution in [0.5, 0.6) is 0 Å². The smallest absolute Gasteiger partial charge is 0.0833 e. The molecule has 14 heavy (non-hydrogen) atoms. The van der Waals surface area contributed by atoms with Crippen LogP contribution in [-0.4, -0.2) is 10.1 Å². The summed E-state index contributed by atoms with van der Waals surface area (Å²) in [6, 6.07) is 8.06. The summed E-state index contributed by atoms with van der Waals surface area (Å²) in [7, 11) is 0. The average molecular weight is 191 g/mol. The van der Waals surface area contributed by atoms with E-state index in [4.69, 9.17) is 5.11 Å². The Balaban J connectivity index is 0.000000461. The van der Waals surface area contributed by atoms with Gasteiger partial charge in [0, 0.05) is 16.6 Å². The number of aliphatic hydroxyl groups excluding tert-OH is 1. The first-order valence-electron chi connectivity index (χ1n) is 5.00. The maximum absolute atomic E-state index is 8.99. The van der Waals surface area contributed by atoms with Crippen molar-refractivity contribution in [3.63, 3.8) is 0 Å². The van der Waals surface area contributed by atoms with Gasteiger partial charge in [-0.25, -0.2) is 0 Å². The molecule has 0 radical (unpaired) electrons. The lowest BCUT2D eigenvalue weighted by molar-refractivity contribution is 0.277. The van der Waals surface area contributed by atoms with Crippen LogP contribution in [-0.2, 0) is 6.61 Å². The zero-order chi connectivity index (χ0) is 10.6. The maximum atomic E-state index is 8.99. The van der Waals surface area contributed by atoms with Gasteiger partial charge >= 0.3 is 0 Å². The number of H-pyrrole nitrogens is 1. The molecule has 1 heterocycles. The quantitative estimate of drug-likeness (QED) is 0.714. The molecule has 0 aliphatic rings. The summed E-state index contributed by atoms with van der Waals surface area (Å²) in [6.07, 6.45) is 0. The molecule has 0 amide bonds. The van der Waals surface area contributed by atoms with Crippen molar-refractivity contribution in [1.82, 2.24) is 4.98 Å². The van der Waals surface area contributed by atoms with Crippen LogP contribution >= 0.6 is 0 Å². The molecule has 2 N–H and O–H groups in total. The molecule has 1 aromatic carbocycles. The Bertz CT molecular complexity index is 404. The number of aryl methyl sites for hydroxylation is 1. The van der Waals surface area contributed by atoms with Crippen molar-refractivity contribution in [1.29, 1.82) is 0 Å². The maximum Gasteiger partial charge on any atom is 0.0833 e. The Hall–Kier alpha value is -1.28. The zero-order valence-electron chi connectivity index (χ0n) is 8.96. The summed E-state index contributed by atoms with van der Waals surface area (Å²) in [5.41, 5.74) is 3.16. The number of fused-ring (bicyclic) bond motifs is 1. The van der Waals surface area contributed by atoms with E-state index in [0.29, 0.717) is 0 Å². The lowest BCUT2D eigenvalue weighted by Gasteiger charge is -1.90. The second-order valence-electron chi connectivity index (χ2n) is 2.93. The third kappa shape index (κ3) is 1.80. The van der Waals surface area contributed by atoms with Gasteiger partial charge in [0.1, 0.15) is 0 Å². The second kappa shape index (κ2) is 4.82. The highest BCUT2D eigenvalue weighted by Crippen LogP contribution is 2.20. The molecule has 0 bridgehead atoms. The van der Waals surface area contributed by atoms with E-state index in [9.17, 15) is 0 Å². The van der Waals surface area contributed by atoms with Crippen LogP contribution in [0, 0.1) is 6.92 Å². The number of hydrogen-bond donors (Lipinski definition) is 2. The van der Waals surface area contributed by atoms with Crippen LogP contribution in [0.1, 0.15) is 25.1 Å². The van der Waals surface area contributed by atoms with Crippen LogP contribution in [0.15, 0.2) is 24.3 Å². The lowest BCUT2D eigenvalue weighted by Crippen LogP contribution is -1.83. The highest BCUT2D eigenvalue weighted by molar-refractivity contribution is 5.84. The zero-order valence-corrected chi connectivity index (χ0v) is 8.96. The lowest BCUT2D eigenvalue weighted by atomic mass is 10.1. The van der Waals surface area contributed by atoms with Gasteiger partial charge in [-0.3, -0.25) is 0 Å². The minimum Gasteiger partial charge on any atom is -0.390 e. The number of nitrogens with one attached hydrogen (secondary N) is 1. The Morgan fingerprint density at radius 3 is 2.43 bits per heavy atom. The Labute approximate surface area is 84.6 Å². The van der Waals surface area contributed by atoms with Gasteiger partial charge in [-0.15, -0.1) is 0 Å². The number of aromatic amines is 1. The first kappa shape index (κ1) is 10.8. The minimum atomic E-state index is 0.0838.